The highest BCUT2D eigenvalue weighted by molar-refractivity contribution is 5.85. The van der Waals surface area contributed by atoms with Gasteiger partial charge < -0.3 is 5.11 Å². The van der Waals surface area contributed by atoms with Crippen LogP contribution in [0.3, 0.4) is 0 Å². The van der Waals surface area contributed by atoms with Gasteiger partial charge in [0.25, 0.3) is 0 Å². The molecule has 1 heterocycles. The number of hydrogen-bond acceptors (Lipinski definition) is 2. The molecule has 1 aliphatic rings. The maximum Gasteiger partial charge on any atom is 0.118 e. The average Bonchev–Trinajstić information content (AvgIpc) is 3.45. The molecule has 0 radical (unpaired) electrons. The van der Waals surface area contributed by atoms with Crippen LogP contribution in [0.2, 0.25) is 0 Å². The molecule has 1 aromatic heterocycles. The van der Waals surface area contributed by atoms with E-state index in [4.69, 9.17) is 0 Å². The average molecular weight is 338 g/mol. The summed E-state index contributed by atoms with van der Waals surface area (Å²) in [6.45, 7) is 0. The molecule has 1 saturated carbocycles. The van der Waals surface area contributed by atoms with Crippen LogP contribution in [0.25, 0.3) is 0 Å². The molecule has 1 N–H and O–H groups in total. The third-order valence-electron chi connectivity index (χ3n) is 4.89. The number of aromatic nitrogens is 1. The van der Waals surface area contributed by atoms with E-state index < -0.39 is 5.60 Å². The van der Waals surface area contributed by atoms with Crippen LogP contribution >= 0.6 is 12.4 Å². The molecule has 2 atom stereocenters. The van der Waals surface area contributed by atoms with Gasteiger partial charge in [-0.2, -0.15) is 0 Å². The summed E-state index contributed by atoms with van der Waals surface area (Å²) < 4.78 is 0. The predicted molar refractivity (Wildman–Crippen MR) is 98.2 cm³/mol. The predicted octanol–water partition coefficient (Wildman–Crippen LogP) is 4.54. The Morgan fingerprint density at radius 2 is 1.29 bits per heavy atom. The van der Waals surface area contributed by atoms with E-state index in [1.165, 1.54) is 5.56 Å². The maximum absolute atomic E-state index is 11.7. The van der Waals surface area contributed by atoms with Crippen LogP contribution in [0, 0.1) is 5.92 Å². The van der Waals surface area contributed by atoms with Crippen molar-refractivity contribution in [1.82, 2.24) is 4.98 Å². The molecular formula is C21H20ClNO. The minimum Gasteiger partial charge on any atom is -0.380 e. The summed E-state index contributed by atoms with van der Waals surface area (Å²) in [6.07, 6.45) is 4.65. The van der Waals surface area contributed by atoms with E-state index in [2.05, 4.69) is 17.1 Å². The Bertz CT molecular complexity index is 737. The Hall–Kier alpha value is -2.16. The number of hydrogen-bond donors (Lipinski definition) is 1. The van der Waals surface area contributed by atoms with Crippen molar-refractivity contribution < 1.29 is 5.11 Å². The maximum atomic E-state index is 11.7. The van der Waals surface area contributed by atoms with E-state index >= 15 is 0 Å². The van der Waals surface area contributed by atoms with E-state index in [9.17, 15) is 5.11 Å². The van der Waals surface area contributed by atoms with Crippen molar-refractivity contribution in [2.24, 2.45) is 5.92 Å². The molecule has 1 aliphatic carbocycles. The number of rotatable bonds is 4. The van der Waals surface area contributed by atoms with E-state index in [1.54, 1.807) is 0 Å². The SMILES string of the molecule is Cl.OC(c1ccccc1)(c1ccccc1)C1CC1c1ccncc1. The van der Waals surface area contributed by atoms with Gasteiger partial charge in [-0.15, -0.1) is 12.4 Å². The molecule has 0 saturated heterocycles. The van der Waals surface area contributed by atoms with Crippen molar-refractivity contribution in [3.05, 3.63) is 102 Å². The molecule has 3 heteroatoms. The van der Waals surface area contributed by atoms with Gasteiger partial charge in [-0.05, 0) is 41.2 Å². The highest BCUT2D eigenvalue weighted by Gasteiger charge is 2.54. The number of halogens is 1. The molecule has 1 fully saturated rings. The number of aliphatic hydroxyl groups is 1. The first kappa shape index (κ1) is 16.7. The molecule has 24 heavy (non-hydrogen) atoms. The third kappa shape index (κ3) is 2.83. The number of benzene rings is 2. The second-order valence-electron chi connectivity index (χ2n) is 6.23. The summed E-state index contributed by atoms with van der Waals surface area (Å²) in [5.74, 6) is 0.568. The minimum atomic E-state index is -0.948. The fourth-order valence-corrected chi connectivity index (χ4v) is 3.62. The lowest BCUT2D eigenvalue weighted by Crippen LogP contribution is -2.30. The number of nitrogens with zero attached hydrogens (tertiary/aromatic N) is 1. The zero-order chi connectivity index (χ0) is 15.7. The largest absolute Gasteiger partial charge is 0.380 e. The summed E-state index contributed by atoms with van der Waals surface area (Å²) in [7, 11) is 0. The highest BCUT2D eigenvalue weighted by atomic mass is 35.5. The molecule has 0 aliphatic heterocycles. The van der Waals surface area contributed by atoms with Crippen LogP contribution in [0.4, 0.5) is 0 Å². The molecule has 2 nitrogen and oxygen atoms in total. The second-order valence-corrected chi connectivity index (χ2v) is 6.23. The fraction of sp³-hybridized carbons (Fsp3) is 0.190. The number of pyridine rings is 1. The zero-order valence-electron chi connectivity index (χ0n) is 13.2. The van der Waals surface area contributed by atoms with Gasteiger partial charge in [0.15, 0.2) is 0 Å². The standard InChI is InChI=1S/C21H19NO.ClH/c23-21(17-7-3-1-4-8-17,18-9-5-2-6-10-18)20-15-19(20)16-11-13-22-14-12-16;/h1-14,19-20,23H,15H2;1H. The molecule has 0 bridgehead atoms. The first-order valence-corrected chi connectivity index (χ1v) is 8.03. The normalized spacial score (nSPS) is 19.4. The Morgan fingerprint density at radius 3 is 1.79 bits per heavy atom. The van der Waals surface area contributed by atoms with Gasteiger partial charge in [0.05, 0.1) is 0 Å². The Kier molecular flexibility index (Phi) is 4.70. The van der Waals surface area contributed by atoms with Crippen LogP contribution in [0.15, 0.2) is 85.2 Å². The van der Waals surface area contributed by atoms with E-state index in [0.717, 1.165) is 17.5 Å². The molecule has 122 valence electrons. The van der Waals surface area contributed by atoms with Crippen LogP contribution in [0.5, 0.6) is 0 Å². The van der Waals surface area contributed by atoms with Crippen LogP contribution in [0.1, 0.15) is 29.0 Å². The first-order chi connectivity index (χ1) is 11.3. The molecule has 0 amide bonds. The van der Waals surface area contributed by atoms with Gasteiger partial charge in [-0.1, -0.05) is 60.7 Å². The summed E-state index contributed by atoms with van der Waals surface area (Å²) >= 11 is 0. The molecule has 4 rings (SSSR count). The van der Waals surface area contributed by atoms with Gasteiger partial charge in [0.1, 0.15) is 5.60 Å². The van der Waals surface area contributed by atoms with Crippen LogP contribution in [-0.2, 0) is 5.60 Å². The molecule has 3 aromatic rings. The summed E-state index contributed by atoms with van der Waals surface area (Å²) in [5, 5.41) is 11.7. The van der Waals surface area contributed by atoms with Crippen LogP contribution in [-0.4, -0.2) is 10.1 Å². The molecule has 2 aromatic carbocycles. The molecular weight excluding hydrogens is 318 g/mol. The Labute approximate surface area is 148 Å². The smallest absolute Gasteiger partial charge is 0.118 e. The Balaban J connectivity index is 0.00000169. The minimum absolute atomic E-state index is 0. The Morgan fingerprint density at radius 1 is 0.792 bits per heavy atom. The first-order valence-electron chi connectivity index (χ1n) is 8.03. The van der Waals surface area contributed by atoms with Gasteiger partial charge in [-0.3, -0.25) is 4.98 Å². The van der Waals surface area contributed by atoms with Crippen molar-refractivity contribution in [2.45, 2.75) is 17.9 Å². The summed E-state index contributed by atoms with van der Waals surface area (Å²) in [4.78, 5) is 4.10. The quantitative estimate of drug-likeness (QED) is 0.758. The topological polar surface area (TPSA) is 33.1 Å². The summed E-state index contributed by atoms with van der Waals surface area (Å²) in [6, 6.07) is 24.2. The lowest BCUT2D eigenvalue weighted by Gasteiger charge is -2.30. The highest BCUT2D eigenvalue weighted by Crippen LogP contribution is 2.58. The van der Waals surface area contributed by atoms with Gasteiger partial charge in [0, 0.05) is 18.3 Å². The van der Waals surface area contributed by atoms with E-state index in [-0.39, 0.29) is 18.3 Å². The monoisotopic (exact) mass is 337 g/mol. The fourth-order valence-electron chi connectivity index (χ4n) is 3.62. The van der Waals surface area contributed by atoms with E-state index in [0.29, 0.717) is 5.92 Å². The van der Waals surface area contributed by atoms with Crippen molar-refractivity contribution in [2.75, 3.05) is 0 Å². The lowest BCUT2D eigenvalue weighted by molar-refractivity contribution is 0.0542. The van der Waals surface area contributed by atoms with Crippen molar-refractivity contribution in [3.8, 4) is 0 Å². The van der Waals surface area contributed by atoms with Gasteiger partial charge in [0.2, 0.25) is 0 Å². The summed E-state index contributed by atoms with van der Waals surface area (Å²) in [5.41, 5.74) is 2.24. The van der Waals surface area contributed by atoms with Gasteiger partial charge >= 0.3 is 0 Å². The third-order valence-corrected chi connectivity index (χ3v) is 4.89. The zero-order valence-corrected chi connectivity index (χ0v) is 14.1. The van der Waals surface area contributed by atoms with Crippen molar-refractivity contribution in [3.63, 3.8) is 0 Å². The molecule has 0 spiro atoms. The van der Waals surface area contributed by atoms with Crippen molar-refractivity contribution >= 4 is 12.4 Å². The van der Waals surface area contributed by atoms with E-state index in [1.807, 2.05) is 73.1 Å². The molecule has 2 unspecified atom stereocenters. The second kappa shape index (κ2) is 6.76. The van der Waals surface area contributed by atoms with Crippen LogP contribution < -0.4 is 0 Å². The van der Waals surface area contributed by atoms with Crippen molar-refractivity contribution in [1.29, 1.82) is 0 Å². The lowest BCUT2D eigenvalue weighted by atomic mass is 9.81. The van der Waals surface area contributed by atoms with Gasteiger partial charge in [-0.25, -0.2) is 0 Å².